The first-order chi connectivity index (χ1) is 22.4. The first kappa shape index (κ1) is 34.8. The maximum atomic E-state index is 13.2. The van der Waals surface area contributed by atoms with Gasteiger partial charge in [0, 0.05) is 37.5 Å². The van der Waals surface area contributed by atoms with E-state index in [0.29, 0.717) is 59.5 Å². The van der Waals surface area contributed by atoms with E-state index in [0.717, 1.165) is 17.4 Å². The number of anilines is 1. The third-order valence-corrected chi connectivity index (χ3v) is 7.92. The number of carbonyl (C=O) groups is 5. The van der Waals surface area contributed by atoms with Crippen molar-refractivity contribution in [3.8, 4) is 11.5 Å². The van der Waals surface area contributed by atoms with Crippen molar-refractivity contribution >= 4 is 46.0 Å². The van der Waals surface area contributed by atoms with E-state index in [1.807, 2.05) is 0 Å². The van der Waals surface area contributed by atoms with Gasteiger partial charge in [0.25, 0.3) is 11.8 Å². The maximum Gasteiger partial charge on any atom is 0.289 e. The number of amides is 4. The third kappa shape index (κ3) is 9.03. The summed E-state index contributed by atoms with van der Waals surface area (Å²) in [6, 6.07) is 11.0. The summed E-state index contributed by atoms with van der Waals surface area (Å²) in [7, 11) is 9.23. The minimum Gasteiger partial charge on any atom is -0.493 e. The van der Waals surface area contributed by atoms with E-state index in [1.54, 1.807) is 42.5 Å². The van der Waals surface area contributed by atoms with Crippen LogP contribution in [-0.4, -0.2) is 105 Å². The van der Waals surface area contributed by atoms with Gasteiger partial charge in [0.2, 0.25) is 17.6 Å². The number of nitrogens with zero attached hydrogens (tertiary/aromatic N) is 3. The summed E-state index contributed by atoms with van der Waals surface area (Å²) in [4.78, 5) is 70.5. The van der Waals surface area contributed by atoms with Crippen molar-refractivity contribution < 1.29 is 37.9 Å². The molecule has 1 atom stereocenters. The highest BCUT2D eigenvalue weighted by molar-refractivity contribution is 6.38. The number of carbonyl (C=O) groups excluding carboxylic acids is 5. The van der Waals surface area contributed by atoms with Crippen LogP contribution in [-0.2, 0) is 25.7 Å². The molecule has 2 aromatic carbocycles. The predicted octanol–water partition coefficient (Wildman–Crippen LogP) is 2.28. The Kier molecular flexibility index (Phi) is 11.5. The number of benzene rings is 2. The van der Waals surface area contributed by atoms with Gasteiger partial charge in [-0.25, -0.2) is 0 Å². The van der Waals surface area contributed by atoms with Crippen molar-refractivity contribution in [2.75, 3.05) is 60.3 Å². The van der Waals surface area contributed by atoms with E-state index in [9.17, 15) is 24.0 Å². The van der Waals surface area contributed by atoms with Gasteiger partial charge in [-0.15, -0.1) is 0 Å². The molecule has 1 fully saturated rings. The Hall–Kier alpha value is -5.04. The highest BCUT2D eigenvalue weighted by atomic mass is 16.5. The molecular formula is C34H43N6O7+. The molecule has 4 amide bonds. The van der Waals surface area contributed by atoms with Crippen molar-refractivity contribution in [3.63, 3.8) is 0 Å². The number of methoxy groups -OCH3 is 2. The molecule has 3 N–H and O–H groups in total. The molecule has 2 heterocycles. The minimum atomic E-state index is -0.917. The van der Waals surface area contributed by atoms with E-state index in [4.69, 9.17) is 9.47 Å². The number of nitrogens with one attached hydrogen (secondary N) is 3. The number of pyridine rings is 1. The number of ether oxygens (including phenoxy) is 2. The summed E-state index contributed by atoms with van der Waals surface area (Å²) in [5.74, 6) is -1.60. The number of ketones is 1. The highest BCUT2D eigenvalue weighted by Crippen LogP contribution is 2.28. The van der Waals surface area contributed by atoms with Crippen LogP contribution in [0.25, 0.3) is 10.9 Å². The zero-order valence-corrected chi connectivity index (χ0v) is 27.6. The summed E-state index contributed by atoms with van der Waals surface area (Å²) in [6.45, 7) is 0.875. The zero-order chi connectivity index (χ0) is 34.1. The van der Waals surface area contributed by atoms with Gasteiger partial charge in [0.15, 0.2) is 11.5 Å². The Morgan fingerprint density at radius 1 is 0.979 bits per heavy atom. The molecule has 13 nitrogen and oxygen atoms in total. The quantitative estimate of drug-likeness (QED) is 0.178. The molecule has 0 aliphatic carbocycles. The number of rotatable bonds is 14. The molecular weight excluding hydrogens is 604 g/mol. The summed E-state index contributed by atoms with van der Waals surface area (Å²) in [6.07, 6.45) is 3.46. The highest BCUT2D eigenvalue weighted by Gasteiger charge is 2.37. The molecule has 47 heavy (non-hydrogen) atoms. The van der Waals surface area contributed by atoms with Gasteiger partial charge < -0.3 is 34.8 Å². The monoisotopic (exact) mass is 647 g/mol. The topological polar surface area (TPSA) is 156 Å². The standard InChI is InChI=1S/C34H42N6O7/c1-40(2,3)18-8-12-29(41)38-25-10-6-9-23-24(15-16-35-31(23)25)33(44)37-21-30(42)39-17-7-11-26(39)32(43)34(45)36-20-22-13-14-27(46-4)28(19-22)47-5/h6,9-10,13-16,19,26H,7-8,11-12,17-18,20-21H2,1-5H3,(H2-,36,37,38,41,44,45)/p+1/t26-/m0/s1. The lowest BCUT2D eigenvalue weighted by Gasteiger charge is -2.23. The Morgan fingerprint density at radius 3 is 2.47 bits per heavy atom. The Morgan fingerprint density at radius 2 is 1.74 bits per heavy atom. The van der Waals surface area contributed by atoms with Crippen molar-refractivity contribution in [2.24, 2.45) is 0 Å². The average molecular weight is 648 g/mol. The minimum absolute atomic E-state index is 0.0868. The zero-order valence-electron chi connectivity index (χ0n) is 27.6. The molecule has 0 saturated carbocycles. The summed E-state index contributed by atoms with van der Waals surface area (Å²) < 4.78 is 11.3. The molecule has 250 valence electrons. The SMILES string of the molecule is COc1ccc(CNC(=O)C(=O)[C@@H]2CCCN2C(=O)CNC(=O)c2ccnc3c(NC(=O)CCC[N+](C)(C)C)cccc23)cc1OC. The number of hydrogen-bond donors (Lipinski definition) is 3. The number of para-hydroxylation sites is 1. The van der Waals surface area contributed by atoms with Crippen LogP contribution in [0.3, 0.4) is 0 Å². The van der Waals surface area contributed by atoms with Crippen molar-refractivity contribution in [1.82, 2.24) is 20.5 Å². The second kappa shape index (κ2) is 15.5. The molecule has 0 spiro atoms. The van der Waals surface area contributed by atoms with Crippen LogP contribution in [0.15, 0.2) is 48.7 Å². The first-order valence-corrected chi connectivity index (χ1v) is 15.5. The van der Waals surface area contributed by atoms with Gasteiger partial charge in [0.1, 0.15) is 6.04 Å². The van der Waals surface area contributed by atoms with E-state index < -0.39 is 29.5 Å². The Labute approximate surface area is 274 Å². The van der Waals surface area contributed by atoms with E-state index in [2.05, 4.69) is 42.1 Å². The van der Waals surface area contributed by atoms with Gasteiger partial charge in [-0.3, -0.25) is 29.0 Å². The van der Waals surface area contributed by atoms with Crippen molar-refractivity contribution in [3.05, 3.63) is 59.8 Å². The average Bonchev–Trinajstić information content (AvgIpc) is 3.55. The van der Waals surface area contributed by atoms with E-state index in [-0.39, 0.29) is 24.6 Å². The van der Waals surface area contributed by atoms with Gasteiger partial charge in [-0.1, -0.05) is 18.2 Å². The fraction of sp³-hybridized carbons (Fsp3) is 0.412. The van der Waals surface area contributed by atoms with E-state index in [1.165, 1.54) is 25.3 Å². The number of likely N-dealkylation sites (tertiary alicyclic amines) is 1. The molecule has 1 aromatic heterocycles. The molecule has 3 aromatic rings. The number of aromatic nitrogens is 1. The van der Waals surface area contributed by atoms with Crippen LogP contribution in [0, 0.1) is 0 Å². The molecule has 1 saturated heterocycles. The number of hydrogen-bond acceptors (Lipinski definition) is 8. The molecule has 0 unspecified atom stereocenters. The lowest BCUT2D eigenvalue weighted by atomic mass is 10.1. The third-order valence-electron chi connectivity index (χ3n) is 7.92. The number of quaternary nitrogens is 1. The summed E-state index contributed by atoms with van der Waals surface area (Å²) >= 11 is 0. The van der Waals surface area contributed by atoms with Gasteiger partial charge in [-0.05, 0) is 42.7 Å². The van der Waals surface area contributed by atoms with Gasteiger partial charge >= 0.3 is 0 Å². The van der Waals surface area contributed by atoms with Crippen LogP contribution >= 0.6 is 0 Å². The van der Waals surface area contributed by atoms with Crippen LogP contribution in [0.1, 0.15) is 41.6 Å². The predicted molar refractivity (Wildman–Crippen MR) is 176 cm³/mol. The molecule has 1 aliphatic heterocycles. The van der Waals surface area contributed by atoms with Crippen molar-refractivity contribution in [2.45, 2.75) is 38.3 Å². The van der Waals surface area contributed by atoms with Crippen molar-refractivity contribution in [1.29, 1.82) is 0 Å². The fourth-order valence-corrected chi connectivity index (χ4v) is 5.50. The first-order valence-electron chi connectivity index (χ1n) is 15.5. The summed E-state index contributed by atoms with van der Waals surface area (Å²) in [5.41, 5.74) is 1.94. The fourth-order valence-electron chi connectivity index (χ4n) is 5.50. The molecule has 0 radical (unpaired) electrons. The van der Waals surface area contributed by atoms with Crippen LogP contribution < -0.4 is 25.4 Å². The van der Waals surface area contributed by atoms with Gasteiger partial charge in [-0.2, -0.15) is 0 Å². The number of Topliss-reactive ketones (excluding diaryl/α,β-unsaturated/α-hetero) is 1. The molecule has 13 heteroatoms. The largest absolute Gasteiger partial charge is 0.493 e. The second-order valence-corrected chi connectivity index (χ2v) is 12.4. The Balaban J connectivity index is 1.34. The molecule has 0 bridgehead atoms. The Bertz CT molecular complexity index is 1650. The normalized spacial score (nSPS) is 14.4. The molecule has 1 aliphatic rings. The lowest BCUT2D eigenvalue weighted by Crippen LogP contribution is -2.49. The maximum absolute atomic E-state index is 13.2. The number of fused-ring (bicyclic) bond motifs is 1. The molecule has 4 rings (SSSR count). The summed E-state index contributed by atoms with van der Waals surface area (Å²) in [5, 5.41) is 8.68. The van der Waals surface area contributed by atoms with Crippen LogP contribution in [0.4, 0.5) is 5.69 Å². The lowest BCUT2D eigenvalue weighted by molar-refractivity contribution is -0.870. The van der Waals surface area contributed by atoms with Crippen LogP contribution in [0.2, 0.25) is 0 Å². The smallest absolute Gasteiger partial charge is 0.289 e. The van der Waals surface area contributed by atoms with Gasteiger partial charge in [0.05, 0.1) is 65.2 Å². The van der Waals surface area contributed by atoms with E-state index >= 15 is 0 Å². The second-order valence-electron chi connectivity index (χ2n) is 12.4. The van der Waals surface area contributed by atoms with Crippen LogP contribution in [0.5, 0.6) is 11.5 Å².